The van der Waals surface area contributed by atoms with Crippen LogP contribution in [-0.2, 0) is 11.2 Å². The number of carbonyl (C=O) groups is 1. The Labute approximate surface area is 121 Å². The summed E-state index contributed by atoms with van der Waals surface area (Å²) in [5, 5.41) is 6.01. The summed E-state index contributed by atoms with van der Waals surface area (Å²) in [5.41, 5.74) is 0.682. The Morgan fingerprint density at radius 3 is 2.95 bits per heavy atom. The fraction of sp³-hybridized carbons (Fsp3) is 0.250. The molecule has 1 aromatic carbocycles. The second-order valence-corrected chi connectivity index (χ2v) is 5.31. The summed E-state index contributed by atoms with van der Waals surface area (Å²) in [6.07, 6.45) is 3.93. The molecule has 0 atom stereocenters. The zero-order valence-electron chi connectivity index (χ0n) is 11.3. The summed E-state index contributed by atoms with van der Waals surface area (Å²) in [6.45, 7) is 0. The first-order chi connectivity index (χ1) is 10.3. The highest BCUT2D eigenvalue weighted by Crippen LogP contribution is 2.31. The van der Waals surface area contributed by atoms with Crippen molar-refractivity contribution in [1.82, 2.24) is 15.1 Å². The quantitative estimate of drug-likeness (QED) is 0.734. The van der Waals surface area contributed by atoms with Crippen LogP contribution in [0.4, 0.5) is 0 Å². The standard InChI is InChI=1S/C16H13N3O2/c20-13(11-5-6-11)9-14-18-16(19-21-14)15-12-4-2-1-3-10(12)7-8-17-15/h1-4,7-8,11H,5-6,9H2. The first-order valence-corrected chi connectivity index (χ1v) is 7.01. The minimum absolute atomic E-state index is 0.191. The monoisotopic (exact) mass is 279 g/mol. The third-order valence-electron chi connectivity index (χ3n) is 3.71. The van der Waals surface area contributed by atoms with Gasteiger partial charge in [0.1, 0.15) is 11.5 Å². The van der Waals surface area contributed by atoms with Crippen molar-refractivity contribution in [3.05, 3.63) is 42.4 Å². The molecule has 3 aromatic rings. The van der Waals surface area contributed by atoms with Gasteiger partial charge in [0.25, 0.3) is 0 Å². The zero-order valence-corrected chi connectivity index (χ0v) is 11.3. The number of rotatable bonds is 4. The van der Waals surface area contributed by atoms with E-state index in [9.17, 15) is 4.79 Å². The molecule has 4 rings (SSSR count). The van der Waals surface area contributed by atoms with Gasteiger partial charge in [0.05, 0.1) is 6.42 Å². The lowest BCUT2D eigenvalue weighted by atomic mass is 10.1. The van der Waals surface area contributed by atoms with Crippen molar-refractivity contribution < 1.29 is 9.32 Å². The van der Waals surface area contributed by atoms with E-state index >= 15 is 0 Å². The number of Topliss-reactive ketones (excluding diaryl/α,β-unsaturated/α-hetero) is 1. The summed E-state index contributed by atoms with van der Waals surface area (Å²) in [7, 11) is 0. The molecule has 0 bridgehead atoms. The van der Waals surface area contributed by atoms with Gasteiger partial charge in [0.15, 0.2) is 0 Å². The molecule has 0 unspecified atom stereocenters. The van der Waals surface area contributed by atoms with Crippen molar-refractivity contribution in [2.45, 2.75) is 19.3 Å². The van der Waals surface area contributed by atoms with E-state index in [0.29, 0.717) is 17.4 Å². The van der Waals surface area contributed by atoms with E-state index in [2.05, 4.69) is 15.1 Å². The maximum atomic E-state index is 11.8. The van der Waals surface area contributed by atoms with Crippen LogP contribution in [0.1, 0.15) is 18.7 Å². The first-order valence-electron chi connectivity index (χ1n) is 7.01. The van der Waals surface area contributed by atoms with E-state index < -0.39 is 0 Å². The van der Waals surface area contributed by atoms with Gasteiger partial charge in [-0.2, -0.15) is 4.98 Å². The molecule has 0 saturated heterocycles. The van der Waals surface area contributed by atoms with Crippen LogP contribution in [0.2, 0.25) is 0 Å². The fourth-order valence-corrected chi connectivity index (χ4v) is 2.42. The Balaban J connectivity index is 1.69. The van der Waals surface area contributed by atoms with Gasteiger partial charge in [-0.25, -0.2) is 0 Å². The van der Waals surface area contributed by atoms with E-state index in [0.717, 1.165) is 23.6 Å². The SMILES string of the molecule is O=C(Cc1nc(-c2nccc3ccccc23)no1)C1CC1. The number of nitrogens with zero attached hydrogens (tertiary/aromatic N) is 3. The molecule has 0 amide bonds. The van der Waals surface area contributed by atoms with Crippen LogP contribution in [0.15, 0.2) is 41.1 Å². The van der Waals surface area contributed by atoms with E-state index in [1.54, 1.807) is 6.20 Å². The van der Waals surface area contributed by atoms with Gasteiger partial charge in [0, 0.05) is 17.5 Å². The van der Waals surface area contributed by atoms with Crippen LogP contribution >= 0.6 is 0 Å². The van der Waals surface area contributed by atoms with Crippen LogP contribution in [0.5, 0.6) is 0 Å². The summed E-state index contributed by atoms with van der Waals surface area (Å²) in [4.78, 5) is 20.5. The van der Waals surface area contributed by atoms with Crippen LogP contribution in [0.3, 0.4) is 0 Å². The van der Waals surface area contributed by atoms with Crippen molar-refractivity contribution in [3.8, 4) is 11.5 Å². The Morgan fingerprint density at radius 1 is 1.24 bits per heavy atom. The molecule has 1 aliphatic rings. The van der Waals surface area contributed by atoms with Gasteiger partial charge in [-0.3, -0.25) is 9.78 Å². The highest BCUT2D eigenvalue weighted by Gasteiger charge is 2.30. The number of aromatic nitrogens is 3. The van der Waals surface area contributed by atoms with Crippen molar-refractivity contribution in [1.29, 1.82) is 0 Å². The Kier molecular flexibility index (Phi) is 2.77. The number of fused-ring (bicyclic) bond motifs is 1. The molecule has 0 N–H and O–H groups in total. The molecule has 104 valence electrons. The molecule has 5 heteroatoms. The van der Waals surface area contributed by atoms with Crippen molar-refractivity contribution in [2.75, 3.05) is 0 Å². The van der Waals surface area contributed by atoms with Crippen LogP contribution in [-0.4, -0.2) is 20.9 Å². The number of hydrogen-bond donors (Lipinski definition) is 0. The van der Waals surface area contributed by atoms with Gasteiger partial charge in [-0.1, -0.05) is 29.4 Å². The van der Waals surface area contributed by atoms with Gasteiger partial charge < -0.3 is 4.52 Å². The fourth-order valence-electron chi connectivity index (χ4n) is 2.42. The second-order valence-electron chi connectivity index (χ2n) is 5.31. The van der Waals surface area contributed by atoms with E-state index in [4.69, 9.17) is 4.52 Å². The van der Waals surface area contributed by atoms with Gasteiger partial charge in [-0.05, 0) is 24.3 Å². The van der Waals surface area contributed by atoms with Crippen LogP contribution in [0.25, 0.3) is 22.3 Å². The van der Waals surface area contributed by atoms with Crippen LogP contribution in [0, 0.1) is 5.92 Å². The minimum Gasteiger partial charge on any atom is -0.338 e. The van der Waals surface area contributed by atoms with Crippen LogP contribution < -0.4 is 0 Å². The van der Waals surface area contributed by atoms with Crippen molar-refractivity contribution >= 4 is 16.6 Å². The predicted octanol–water partition coefficient (Wildman–Crippen LogP) is 2.81. The minimum atomic E-state index is 0.191. The highest BCUT2D eigenvalue weighted by molar-refractivity contribution is 5.92. The molecule has 2 heterocycles. The first kappa shape index (κ1) is 12.2. The third kappa shape index (κ3) is 2.31. The normalized spacial score (nSPS) is 14.5. The smallest absolute Gasteiger partial charge is 0.234 e. The second kappa shape index (κ2) is 4.77. The average Bonchev–Trinajstić information content (AvgIpc) is 3.27. The Hall–Kier alpha value is -2.56. The third-order valence-corrected chi connectivity index (χ3v) is 3.71. The Morgan fingerprint density at radius 2 is 2.10 bits per heavy atom. The summed E-state index contributed by atoms with van der Waals surface area (Å²) >= 11 is 0. The van der Waals surface area contributed by atoms with E-state index in [-0.39, 0.29) is 18.1 Å². The summed E-state index contributed by atoms with van der Waals surface area (Å²) in [6, 6.07) is 9.85. The van der Waals surface area contributed by atoms with Crippen molar-refractivity contribution in [2.24, 2.45) is 5.92 Å². The lowest BCUT2D eigenvalue weighted by molar-refractivity contribution is -0.119. The van der Waals surface area contributed by atoms with Gasteiger partial charge in [-0.15, -0.1) is 0 Å². The molecular weight excluding hydrogens is 266 g/mol. The molecule has 2 aromatic heterocycles. The molecule has 0 radical (unpaired) electrons. The predicted molar refractivity (Wildman–Crippen MR) is 76.5 cm³/mol. The molecule has 5 nitrogen and oxygen atoms in total. The molecule has 0 aliphatic heterocycles. The molecular formula is C16H13N3O2. The molecule has 0 spiro atoms. The molecule has 1 aliphatic carbocycles. The topological polar surface area (TPSA) is 68.9 Å². The molecule has 1 fully saturated rings. The molecule has 21 heavy (non-hydrogen) atoms. The van der Waals surface area contributed by atoms with E-state index in [1.807, 2.05) is 30.3 Å². The maximum absolute atomic E-state index is 11.8. The zero-order chi connectivity index (χ0) is 14.2. The maximum Gasteiger partial charge on any atom is 0.234 e. The number of benzene rings is 1. The summed E-state index contributed by atoms with van der Waals surface area (Å²) < 4.78 is 5.19. The average molecular weight is 279 g/mol. The van der Waals surface area contributed by atoms with Gasteiger partial charge in [0.2, 0.25) is 11.7 Å². The number of hydrogen-bond acceptors (Lipinski definition) is 5. The Bertz CT molecular complexity index is 816. The molecule has 1 saturated carbocycles. The lowest BCUT2D eigenvalue weighted by Gasteiger charge is -2.00. The number of carbonyl (C=O) groups excluding carboxylic acids is 1. The largest absolute Gasteiger partial charge is 0.338 e. The number of ketones is 1. The van der Waals surface area contributed by atoms with Gasteiger partial charge >= 0.3 is 0 Å². The van der Waals surface area contributed by atoms with Crippen molar-refractivity contribution in [3.63, 3.8) is 0 Å². The number of pyridine rings is 1. The highest BCUT2D eigenvalue weighted by atomic mass is 16.5. The lowest BCUT2D eigenvalue weighted by Crippen LogP contribution is -2.04. The van der Waals surface area contributed by atoms with E-state index in [1.165, 1.54) is 0 Å². The summed E-state index contributed by atoms with van der Waals surface area (Å²) in [5.74, 6) is 1.20.